The van der Waals surface area contributed by atoms with E-state index in [0.29, 0.717) is 22.7 Å². The smallest absolute Gasteiger partial charge is 0.282 e. The van der Waals surface area contributed by atoms with Crippen molar-refractivity contribution in [2.75, 3.05) is 17.3 Å². The van der Waals surface area contributed by atoms with Gasteiger partial charge in [-0.3, -0.25) is 9.59 Å². The first kappa shape index (κ1) is 20.3. The summed E-state index contributed by atoms with van der Waals surface area (Å²) < 4.78 is 18.5. The molecule has 31 heavy (non-hydrogen) atoms. The number of carbonyl (C=O) groups is 2. The Labute approximate surface area is 179 Å². The lowest BCUT2D eigenvalue weighted by atomic mass is 10.0. The second-order valence-corrected chi connectivity index (χ2v) is 7.08. The number of nitrogens with zero attached hydrogens (tertiary/aromatic N) is 1. The van der Waals surface area contributed by atoms with Gasteiger partial charge in [-0.25, -0.2) is 9.29 Å². The fourth-order valence-corrected chi connectivity index (χ4v) is 3.46. The van der Waals surface area contributed by atoms with Gasteiger partial charge in [-0.1, -0.05) is 31.2 Å². The summed E-state index contributed by atoms with van der Waals surface area (Å²) in [4.78, 5) is 27.9. The molecule has 0 fully saturated rings. The molecule has 1 heterocycles. The van der Waals surface area contributed by atoms with Crippen LogP contribution in [0.2, 0.25) is 0 Å². The van der Waals surface area contributed by atoms with Gasteiger partial charge in [0.25, 0.3) is 11.8 Å². The Bertz CT molecular complexity index is 1150. The zero-order valence-electron chi connectivity index (χ0n) is 17.2. The summed E-state index contributed by atoms with van der Waals surface area (Å²) in [6.07, 6.45) is 0.856. The summed E-state index contributed by atoms with van der Waals surface area (Å²) in [5, 5.41) is 3.02. The molecule has 5 nitrogen and oxygen atoms in total. The highest BCUT2D eigenvalue weighted by molar-refractivity contribution is 6.46. The van der Waals surface area contributed by atoms with Gasteiger partial charge in [-0.15, -0.1) is 0 Å². The van der Waals surface area contributed by atoms with Crippen LogP contribution in [0.25, 0.3) is 5.57 Å². The molecule has 0 unspecified atom stereocenters. The number of hydrogen-bond donors (Lipinski definition) is 1. The van der Waals surface area contributed by atoms with Crippen LogP contribution >= 0.6 is 0 Å². The fraction of sp³-hybridized carbons (Fsp3) is 0.120. The second kappa shape index (κ2) is 8.44. The van der Waals surface area contributed by atoms with Crippen molar-refractivity contribution in [2.24, 2.45) is 0 Å². The number of hydrogen-bond acceptors (Lipinski definition) is 4. The minimum absolute atomic E-state index is 0.140. The summed E-state index contributed by atoms with van der Waals surface area (Å²) >= 11 is 0. The normalized spacial score (nSPS) is 13.7. The van der Waals surface area contributed by atoms with Gasteiger partial charge in [0.1, 0.15) is 17.3 Å². The Morgan fingerprint density at radius 2 is 1.52 bits per heavy atom. The lowest BCUT2D eigenvalue weighted by Crippen LogP contribution is -2.32. The third-order valence-corrected chi connectivity index (χ3v) is 5.18. The van der Waals surface area contributed by atoms with Crippen molar-refractivity contribution in [3.8, 4) is 5.75 Å². The van der Waals surface area contributed by atoms with Gasteiger partial charge in [0.2, 0.25) is 0 Å². The van der Waals surface area contributed by atoms with Crippen LogP contribution in [-0.2, 0) is 16.0 Å². The Hall–Kier alpha value is -3.93. The predicted molar refractivity (Wildman–Crippen MR) is 118 cm³/mol. The van der Waals surface area contributed by atoms with Crippen molar-refractivity contribution >= 4 is 28.8 Å². The molecule has 3 aromatic carbocycles. The first-order valence-corrected chi connectivity index (χ1v) is 9.91. The Morgan fingerprint density at radius 1 is 0.871 bits per heavy atom. The number of benzene rings is 3. The number of carbonyl (C=O) groups excluding carboxylic acids is 2. The van der Waals surface area contributed by atoms with Crippen molar-refractivity contribution < 1.29 is 18.7 Å². The minimum atomic E-state index is -0.468. The maximum absolute atomic E-state index is 13.4. The first-order chi connectivity index (χ1) is 15.0. The van der Waals surface area contributed by atoms with Gasteiger partial charge in [0, 0.05) is 5.69 Å². The molecule has 3 aromatic rings. The van der Waals surface area contributed by atoms with Crippen molar-refractivity contribution in [1.82, 2.24) is 0 Å². The van der Waals surface area contributed by atoms with E-state index in [0.717, 1.165) is 16.9 Å². The summed E-state index contributed by atoms with van der Waals surface area (Å²) in [5.41, 5.74) is 3.08. The number of anilines is 2. The number of aryl methyl sites for hydroxylation is 1. The monoisotopic (exact) mass is 416 g/mol. The van der Waals surface area contributed by atoms with E-state index >= 15 is 0 Å². The van der Waals surface area contributed by atoms with Crippen molar-refractivity contribution in [3.63, 3.8) is 0 Å². The van der Waals surface area contributed by atoms with Crippen LogP contribution < -0.4 is 15.0 Å². The molecule has 1 N–H and O–H groups in total. The van der Waals surface area contributed by atoms with Crippen molar-refractivity contribution in [1.29, 1.82) is 0 Å². The zero-order valence-corrected chi connectivity index (χ0v) is 17.2. The molecule has 0 atom stereocenters. The number of ether oxygens (including phenoxy) is 1. The molecule has 0 spiro atoms. The summed E-state index contributed by atoms with van der Waals surface area (Å²) in [6, 6.07) is 19.9. The standard InChI is InChI=1S/C25H21FN2O3/c1-3-16-4-12-20(13-5-16)28-24(29)22(17-6-14-21(31-2)15-7-17)23(25(28)30)27-19-10-8-18(26)9-11-19/h4-15,27H,3H2,1-2H3. The van der Waals surface area contributed by atoms with Crippen molar-refractivity contribution in [3.05, 3.63) is 95.4 Å². The Kier molecular flexibility index (Phi) is 5.54. The summed E-state index contributed by atoms with van der Waals surface area (Å²) in [7, 11) is 1.56. The van der Waals surface area contributed by atoms with Crippen LogP contribution in [0.15, 0.2) is 78.5 Å². The highest BCUT2D eigenvalue weighted by Gasteiger charge is 2.40. The van der Waals surface area contributed by atoms with Gasteiger partial charge in [0.15, 0.2) is 0 Å². The molecule has 6 heteroatoms. The first-order valence-electron chi connectivity index (χ1n) is 9.91. The van der Waals surface area contributed by atoms with Gasteiger partial charge in [-0.05, 0) is 66.1 Å². The molecule has 0 bridgehead atoms. The largest absolute Gasteiger partial charge is 0.497 e. The van der Waals surface area contributed by atoms with Crippen LogP contribution in [0.3, 0.4) is 0 Å². The SMILES string of the molecule is CCc1ccc(N2C(=O)C(Nc3ccc(F)cc3)=C(c3ccc(OC)cc3)C2=O)cc1. The Balaban J connectivity index is 1.78. The third-order valence-electron chi connectivity index (χ3n) is 5.18. The molecule has 0 aliphatic carbocycles. The van der Waals surface area contributed by atoms with Crippen LogP contribution in [0.4, 0.5) is 15.8 Å². The molecule has 0 saturated carbocycles. The van der Waals surface area contributed by atoms with Crippen LogP contribution in [0.1, 0.15) is 18.1 Å². The van der Waals surface area contributed by atoms with Crippen molar-refractivity contribution in [2.45, 2.75) is 13.3 Å². The van der Waals surface area contributed by atoms with E-state index in [-0.39, 0.29) is 17.1 Å². The van der Waals surface area contributed by atoms with E-state index in [9.17, 15) is 14.0 Å². The second-order valence-electron chi connectivity index (χ2n) is 7.08. The number of imide groups is 1. The number of nitrogens with one attached hydrogen (secondary N) is 1. The molecular weight excluding hydrogens is 395 g/mol. The van der Waals surface area contributed by atoms with Gasteiger partial charge < -0.3 is 10.1 Å². The molecule has 4 rings (SSSR count). The van der Waals surface area contributed by atoms with Crippen LogP contribution in [-0.4, -0.2) is 18.9 Å². The summed E-state index contributed by atoms with van der Waals surface area (Å²) in [6.45, 7) is 2.04. The molecule has 0 saturated heterocycles. The average molecular weight is 416 g/mol. The lowest BCUT2D eigenvalue weighted by Gasteiger charge is -2.16. The van der Waals surface area contributed by atoms with E-state index in [1.807, 2.05) is 19.1 Å². The molecule has 0 radical (unpaired) electrons. The average Bonchev–Trinajstić information content (AvgIpc) is 3.04. The maximum atomic E-state index is 13.4. The van der Waals surface area contributed by atoms with Gasteiger partial charge >= 0.3 is 0 Å². The number of rotatable bonds is 6. The highest BCUT2D eigenvalue weighted by Crippen LogP contribution is 2.34. The lowest BCUT2D eigenvalue weighted by molar-refractivity contribution is -0.120. The van der Waals surface area contributed by atoms with Gasteiger partial charge in [0.05, 0.1) is 18.4 Å². The Morgan fingerprint density at radius 3 is 2.10 bits per heavy atom. The molecule has 2 amide bonds. The zero-order chi connectivity index (χ0) is 22.0. The number of amides is 2. The molecule has 1 aliphatic heterocycles. The van der Waals surface area contributed by atoms with Gasteiger partial charge in [-0.2, -0.15) is 0 Å². The molecular formula is C25H21FN2O3. The van der Waals surface area contributed by atoms with E-state index in [2.05, 4.69) is 5.32 Å². The van der Waals surface area contributed by atoms with E-state index in [4.69, 9.17) is 4.74 Å². The predicted octanol–water partition coefficient (Wildman–Crippen LogP) is 4.79. The minimum Gasteiger partial charge on any atom is -0.497 e. The van der Waals surface area contributed by atoms with Crippen LogP contribution in [0.5, 0.6) is 5.75 Å². The maximum Gasteiger partial charge on any atom is 0.282 e. The van der Waals surface area contributed by atoms with E-state index in [1.165, 1.54) is 24.3 Å². The molecule has 1 aliphatic rings. The van der Waals surface area contributed by atoms with E-state index < -0.39 is 11.8 Å². The summed E-state index contributed by atoms with van der Waals surface area (Å²) in [5.74, 6) is -0.643. The van der Waals surface area contributed by atoms with E-state index in [1.54, 1.807) is 43.5 Å². The molecule has 156 valence electrons. The number of halogens is 1. The highest BCUT2D eigenvalue weighted by atomic mass is 19.1. The fourth-order valence-electron chi connectivity index (χ4n) is 3.46. The number of methoxy groups -OCH3 is 1. The third kappa shape index (κ3) is 3.92. The topological polar surface area (TPSA) is 58.6 Å². The quantitative estimate of drug-likeness (QED) is 0.587. The van der Waals surface area contributed by atoms with Crippen LogP contribution in [0, 0.1) is 5.82 Å². The molecule has 0 aromatic heterocycles.